The van der Waals surface area contributed by atoms with Crippen LogP contribution in [0.25, 0.3) is 0 Å². The van der Waals surface area contributed by atoms with E-state index in [1.807, 2.05) is 30.3 Å². The van der Waals surface area contributed by atoms with Crippen molar-refractivity contribution in [3.8, 4) is 5.75 Å². The molecule has 0 aliphatic carbocycles. The van der Waals surface area contributed by atoms with Gasteiger partial charge in [-0.05, 0) is 48.0 Å². The molecular formula is C22H19ClN2O3. The minimum Gasteiger partial charge on any atom is -0.495 e. The lowest BCUT2D eigenvalue weighted by Gasteiger charge is -2.09. The number of carbonyl (C=O) groups excluding carboxylic acids is 2. The first-order valence-electron chi connectivity index (χ1n) is 8.64. The summed E-state index contributed by atoms with van der Waals surface area (Å²) in [6, 6.07) is 21.3. The SMILES string of the molecule is COc1ccc(C(=O)Nc2ccc(NC(=O)Cc3ccccc3)cc2)cc1Cl. The highest BCUT2D eigenvalue weighted by Crippen LogP contribution is 2.25. The van der Waals surface area contributed by atoms with Gasteiger partial charge >= 0.3 is 0 Å². The van der Waals surface area contributed by atoms with Gasteiger partial charge in [-0.15, -0.1) is 0 Å². The van der Waals surface area contributed by atoms with Crippen LogP contribution in [0, 0.1) is 0 Å². The molecule has 142 valence electrons. The normalized spacial score (nSPS) is 10.2. The second-order valence-corrected chi connectivity index (χ2v) is 6.50. The topological polar surface area (TPSA) is 67.4 Å². The number of anilines is 2. The van der Waals surface area contributed by atoms with E-state index in [1.54, 1.807) is 42.5 Å². The van der Waals surface area contributed by atoms with E-state index in [1.165, 1.54) is 7.11 Å². The summed E-state index contributed by atoms with van der Waals surface area (Å²) in [6.07, 6.45) is 0.303. The van der Waals surface area contributed by atoms with E-state index in [4.69, 9.17) is 16.3 Å². The molecule has 3 aromatic carbocycles. The van der Waals surface area contributed by atoms with E-state index in [-0.39, 0.29) is 11.8 Å². The summed E-state index contributed by atoms with van der Waals surface area (Å²) in [7, 11) is 1.52. The highest BCUT2D eigenvalue weighted by atomic mass is 35.5. The number of benzene rings is 3. The minimum absolute atomic E-state index is 0.101. The molecule has 2 amide bonds. The zero-order chi connectivity index (χ0) is 19.9. The Kier molecular flexibility index (Phi) is 6.29. The zero-order valence-electron chi connectivity index (χ0n) is 15.2. The van der Waals surface area contributed by atoms with Crippen LogP contribution in [0.4, 0.5) is 11.4 Å². The van der Waals surface area contributed by atoms with E-state index in [0.717, 1.165) is 5.56 Å². The molecule has 0 aromatic heterocycles. The van der Waals surface area contributed by atoms with E-state index in [0.29, 0.717) is 34.1 Å². The molecular weight excluding hydrogens is 376 g/mol. The standard InChI is InChI=1S/C22H19ClN2O3/c1-28-20-12-7-16(14-19(20)23)22(27)25-18-10-8-17(9-11-18)24-21(26)13-15-5-3-2-4-6-15/h2-12,14H,13H2,1H3,(H,24,26)(H,25,27). The van der Waals surface area contributed by atoms with Gasteiger partial charge in [-0.25, -0.2) is 0 Å². The summed E-state index contributed by atoms with van der Waals surface area (Å²) in [5.41, 5.74) is 2.64. The van der Waals surface area contributed by atoms with Gasteiger partial charge in [0.25, 0.3) is 5.91 Å². The van der Waals surface area contributed by atoms with E-state index >= 15 is 0 Å². The fourth-order valence-electron chi connectivity index (χ4n) is 2.63. The highest BCUT2D eigenvalue weighted by molar-refractivity contribution is 6.32. The summed E-state index contributed by atoms with van der Waals surface area (Å²) in [6.45, 7) is 0. The van der Waals surface area contributed by atoms with Crippen LogP contribution in [0.5, 0.6) is 5.75 Å². The Bertz CT molecular complexity index is 973. The predicted molar refractivity (Wildman–Crippen MR) is 111 cm³/mol. The number of ether oxygens (including phenoxy) is 1. The molecule has 0 radical (unpaired) electrons. The molecule has 0 unspecified atom stereocenters. The average molecular weight is 395 g/mol. The minimum atomic E-state index is -0.287. The van der Waals surface area contributed by atoms with Gasteiger partial charge in [0.05, 0.1) is 18.6 Å². The first kappa shape index (κ1) is 19.5. The average Bonchev–Trinajstić information content (AvgIpc) is 2.70. The molecule has 0 aliphatic heterocycles. The van der Waals surface area contributed by atoms with Crippen LogP contribution < -0.4 is 15.4 Å². The molecule has 0 bridgehead atoms. The number of rotatable bonds is 6. The summed E-state index contributed by atoms with van der Waals surface area (Å²) < 4.78 is 5.08. The van der Waals surface area contributed by atoms with Gasteiger partial charge < -0.3 is 15.4 Å². The lowest BCUT2D eigenvalue weighted by molar-refractivity contribution is -0.115. The van der Waals surface area contributed by atoms with Crippen LogP contribution in [-0.4, -0.2) is 18.9 Å². The van der Waals surface area contributed by atoms with Gasteiger partial charge in [-0.1, -0.05) is 41.9 Å². The summed E-state index contributed by atoms with van der Waals surface area (Å²) in [4.78, 5) is 24.5. The van der Waals surface area contributed by atoms with Gasteiger partial charge in [0.2, 0.25) is 5.91 Å². The fraction of sp³-hybridized carbons (Fsp3) is 0.0909. The molecule has 0 atom stereocenters. The van der Waals surface area contributed by atoms with Crippen molar-refractivity contribution in [2.24, 2.45) is 0 Å². The van der Waals surface area contributed by atoms with Crippen LogP contribution >= 0.6 is 11.6 Å². The van der Waals surface area contributed by atoms with E-state index < -0.39 is 0 Å². The Balaban J connectivity index is 1.58. The maximum absolute atomic E-state index is 12.4. The highest BCUT2D eigenvalue weighted by Gasteiger charge is 2.10. The second kappa shape index (κ2) is 9.06. The Labute approximate surface area is 168 Å². The van der Waals surface area contributed by atoms with Crippen molar-refractivity contribution in [1.29, 1.82) is 0 Å². The van der Waals surface area contributed by atoms with Gasteiger partial charge in [-0.2, -0.15) is 0 Å². The Morgan fingerprint density at radius 1 is 0.893 bits per heavy atom. The monoisotopic (exact) mass is 394 g/mol. The molecule has 3 aromatic rings. The van der Waals surface area contributed by atoms with Crippen molar-refractivity contribution in [2.45, 2.75) is 6.42 Å². The van der Waals surface area contributed by atoms with Crippen LogP contribution in [0.2, 0.25) is 5.02 Å². The number of methoxy groups -OCH3 is 1. The number of hydrogen-bond donors (Lipinski definition) is 2. The largest absolute Gasteiger partial charge is 0.495 e. The zero-order valence-corrected chi connectivity index (χ0v) is 16.0. The number of nitrogens with one attached hydrogen (secondary N) is 2. The number of hydrogen-bond acceptors (Lipinski definition) is 3. The van der Waals surface area contributed by atoms with Crippen LogP contribution in [0.3, 0.4) is 0 Å². The quantitative estimate of drug-likeness (QED) is 0.632. The third kappa shape index (κ3) is 5.11. The predicted octanol–water partition coefficient (Wildman–Crippen LogP) is 4.78. The Morgan fingerprint density at radius 3 is 2.14 bits per heavy atom. The summed E-state index contributed by atoms with van der Waals surface area (Å²) in [5, 5.41) is 6.00. The van der Waals surface area contributed by atoms with Crippen LogP contribution in [-0.2, 0) is 11.2 Å². The van der Waals surface area contributed by atoms with E-state index in [2.05, 4.69) is 10.6 Å². The third-order valence-corrected chi connectivity index (χ3v) is 4.34. The van der Waals surface area contributed by atoms with Crippen LogP contribution in [0.15, 0.2) is 72.8 Å². The number of halogens is 1. The van der Waals surface area contributed by atoms with Gasteiger partial charge in [0.15, 0.2) is 0 Å². The number of carbonyl (C=O) groups is 2. The maximum Gasteiger partial charge on any atom is 0.255 e. The first-order valence-corrected chi connectivity index (χ1v) is 9.01. The van der Waals surface area contributed by atoms with Gasteiger partial charge in [-0.3, -0.25) is 9.59 Å². The van der Waals surface area contributed by atoms with Gasteiger partial charge in [0, 0.05) is 16.9 Å². The third-order valence-electron chi connectivity index (χ3n) is 4.05. The Morgan fingerprint density at radius 2 is 1.54 bits per heavy atom. The molecule has 6 heteroatoms. The van der Waals surface area contributed by atoms with Crippen molar-refractivity contribution in [2.75, 3.05) is 17.7 Å². The summed E-state index contributed by atoms with van der Waals surface area (Å²) >= 11 is 6.06. The Hall–Kier alpha value is -3.31. The smallest absolute Gasteiger partial charge is 0.255 e. The molecule has 5 nitrogen and oxygen atoms in total. The molecule has 0 spiro atoms. The maximum atomic E-state index is 12.4. The molecule has 28 heavy (non-hydrogen) atoms. The second-order valence-electron chi connectivity index (χ2n) is 6.09. The van der Waals surface area contributed by atoms with Gasteiger partial charge in [0.1, 0.15) is 5.75 Å². The van der Waals surface area contributed by atoms with Crippen molar-refractivity contribution in [3.63, 3.8) is 0 Å². The molecule has 0 saturated carbocycles. The first-order chi connectivity index (χ1) is 13.5. The lowest BCUT2D eigenvalue weighted by atomic mass is 10.1. The molecule has 0 fully saturated rings. The van der Waals surface area contributed by atoms with Crippen molar-refractivity contribution in [3.05, 3.63) is 88.9 Å². The molecule has 0 heterocycles. The molecule has 0 saturated heterocycles. The molecule has 0 aliphatic rings. The van der Waals surface area contributed by atoms with E-state index in [9.17, 15) is 9.59 Å². The van der Waals surface area contributed by atoms with Crippen molar-refractivity contribution >= 4 is 34.8 Å². The van der Waals surface area contributed by atoms with Crippen molar-refractivity contribution < 1.29 is 14.3 Å². The summed E-state index contributed by atoms with van der Waals surface area (Å²) in [5.74, 6) is 0.120. The molecule has 2 N–H and O–H groups in total. The fourth-order valence-corrected chi connectivity index (χ4v) is 2.89. The number of amides is 2. The molecule has 3 rings (SSSR count). The lowest BCUT2D eigenvalue weighted by Crippen LogP contribution is -2.15. The van der Waals surface area contributed by atoms with Crippen molar-refractivity contribution in [1.82, 2.24) is 0 Å². The van der Waals surface area contributed by atoms with Crippen LogP contribution in [0.1, 0.15) is 15.9 Å².